The van der Waals surface area contributed by atoms with Crippen molar-refractivity contribution in [3.8, 4) is 5.75 Å². The Labute approximate surface area is 184 Å². The quantitative estimate of drug-likeness (QED) is 0.654. The first-order chi connectivity index (χ1) is 15.1. The molecule has 0 spiro atoms. The lowest BCUT2D eigenvalue weighted by molar-refractivity contribution is -0.123. The Hall–Kier alpha value is -2.66. The van der Waals surface area contributed by atoms with Gasteiger partial charge in [0.15, 0.2) is 5.78 Å². The number of hydrogen-bond acceptors (Lipinski definition) is 4. The fourth-order valence-electron chi connectivity index (χ4n) is 5.06. The summed E-state index contributed by atoms with van der Waals surface area (Å²) < 4.78 is 0. The zero-order valence-corrected chi connectivity index (χ0v) is 18.0. The Morgan fingerprint density at radius 1 is 0.935 bits per heavy atom. The minimum Gasteiger partial charge on any atom is -0.508 e. The molecule has 2 aliphatic rings. The molecule has 31 heavy (non-hydrogen) atoms. The third kappa shape index (κ3) is 5.53. The first kappa shape index (κ1) is 21.6. The van der Waals surface area contributed by atoms with E-state index in [1.54, 1.807) is 24.3 Å². The first-order valence-electron chi connectivity index (χ1n) is 11.5. The fraction of sp³-hybridized carbons (Fsp3) is 0.462. The van der Waals surface area contributed by atoms with Crippen LogP contribution in [0, 0.1) is 11.8 Å². The first-order valence-corrected chi connectivity index (χ1v) is 11.5. The third-order valence-corrected chi connectivity index (χ3v) is 6.82. The molecular weight excluding hydrogens is 388 g/mol. The van der Waals surface area contributed by atoms with Crippen LogP contribution in [0.4, 0.5) is 0 Å². The maximum Gasteiger partial charge on any atom is 0.234 e. The Balaban J connectivity index is 1.30. The fourth-order valence-corrected chi connectivity index (χ4v) is 5.06. The second kappa shape index (κ2) is 10.1. The highest BCUT2D eigenvalue weighted by atomic mass is 16.3. The van der Waals surface area contributed by atoms with E-state index in [9.17, 15) is 14.7 Å². The van der Waals surface area contributed by atoms with Gasteiger partial charge in [0.2, 0.25) is 5.91 Å². The summed E-state index contributed by atoms with van der Waals surface area (Å²) in [6.45, 7) is 1.89. The SMILES string of the molecule is O=C(CN1CCC(C(=O)c2ccc(O)cc2)CC1)NC(c1ccccc1)C1CCCC1. The van der Waals surface area contributed by atoms with Crippen molar-refractivity contribution < 1.29 is 14.7 Å². The molecule has 4 rings (SSSR count). The highest BCUT2D eigenvalue weighted by Crippen LogP contribution is 2.35. The van der Waals surface area contributed by atoms with Gasteiger partial charge in [0.1, 0.15) is 5.75 Å². The molecule has 1 unspecified atom stereocenters. The van der Waals surface area contributed by atoms with Crippen LogP contribution in [0.5, 0.6) is 5.75 Å². The number of piperidine rings is 1. The highest BCUT2D eigenvalue weighted by Gasteiger charge is 2.30. The minimum absolute atomic E-state index is 0.0144. The third-order valence-electron chi connectivity index (χ3n) is 6.82. The predicted octanol–water partition coefficient (Wildman–Crippen LogP) is 4.33. The molecule has 1 saturated carbocycles. The normalized spacial score (nSPS) is 19.2. The van der Waals surface area contributed by atoms with Crippen molar-refractivity contribution in [1.29, 1.82) is 0 Å². The lowest BCUT2D eigenvalue weighted by Crippen LogP contribution is -2.44. The van der Waals surface area contributed by atoms with Crippen molar-refractivity contribution in [1.82, 2.24) is 10.2 Å². The molecule has 5 nitrogen and oxygen atoms in total. The summed E-state index contributed by atoms with van der Waals surface area (Å²) in [5.74, 6) is 0.877. The molecule has 0 aromatic heterocycles. The van der Waals surface area contributed by atoms with Gasteiger partial charge in [-0.2, -0.15) is 0 Å². The van der Waals surface area contributed by atoms with Crippen LogP contribution < -0.4 is 5.32 Å². The van der Waals surface area contributed by atoms with Crippen molar-refractivity contribution in [2.45, 2.75) is 44.6 Å². The van der Waals surface area contributed by atoms with Gasteiger partial charge < -0.3 is 10.4 Å². The molecular formula is C26H32N2O3. The number of carbonyl (C=O) groups excluding carboxylic acids is 2. The van der Waals surface area contributed by atoms with Crippen LogP contribution in [-0.4, -0.2) is 41.3 Å². The van der Waals surface area contributed by atoms with Gasteiger partial charge in [-0.05, 0) is 74.5 Å². The molecule has 1 amide bonds. The zero-order valence-electron chi connectivity index (χ0n) is 18.0. The van der Waals surface area contributed by atoms with Crippen LogP contribution in [0.1, 0.15) is 60.5 Å². The standard InChI is InChI=1S/C26H32N2O3/c29-23-12-10-21(11-13-23)26(31)22-14-16-28(17-15-22)18-24(30)27-25(20-8-4-5-9-20)19-6-2-1-3-7-19/h1-3,6-7,10-13,20,22,25,29H,4-5,8-9,14-18H2,(H,27,30). The smallest absolute Gasteiger partial charge is 0.234 e. The van der Waals surface area contributed by atoms with Crippen LogP contribution in [0.2, 0.25) is 0 Å². The number of likely N-dealkylation sites (tertiary alicyclic amines) is 1. The number of aromatic hydroxyl groups is 1. The number of benzene rings is 2. The van der Waals surface area contributed by atoms with Gasteiger partial charge in [0, 0.05) is 11.5 Å². The van der Waals surface area contributed by atoms with E-state index < -0.39 is 0 Å². The summed E-state index contributed by atoms with van der Waals surface area (Å²) in [5, 5.41) is 12.7. The molecule has 2 aromatic rings. The Kier molecular flexibility index (Phi) is 7.03. The van der Waals surface area contributed by atoms with E-state index in [-0.39, 0.29) is 29.4 Å². The van der Waals surface area contributed by atoms with E-state index in [1.807, 2.05) is 18.2 Å². The number of phenols is 1. The summed E-state index contributed by atoms with van der Waals surface area (Å²) in [7, 11) is 0. The van der Waals surface area contributed by atoms with E-state index >= 15 is 0 Å². The summed E-state index contributed by atoms with van der Waals surface area (Å²) in [5.41, 5.74) is 1.84. The van der Waals surface area contributed by atoms with E-state index in [4.69, 9.17) is 0 Å². The van der Waals surface area contributed by atoms with E-state index in [1.165, 1.54) is 31.2 Å². The lowest BCUT2D eigenvalue weighted by Gasteiger charge is -2.32. The van der Waals surface area contributed by atoms with Gasteiger partial charge in [-0.25, -0.2) is 0 Å². The number of rotatable bonds is 7. The summed E-state index contributed by atoms with van der Waals surface area (Å²) in [4.78, 5) is 27.7. The summed E-state index contributed by atoms with van der Waals surface area (Å²) >= 11 is 0. The molecule has 1 atom stereocenters. The maximum atomic E-state index is 12.9. The van der Waals surface area contributed by atoms with Crippen molar-refractivity contribution in [3.05, 3.63) is 65.7 Å². The lowest BCUT2D eigenvalue weighted by atomic mass is 9.89. The van der Waals surface area contributed by atoms with Crippen molar-refractivity contribution in [2.24, 2.45) is 11.8 Å². The summed E-state index contributed by atoms with van der Waals surface area (Å²) in [6.07, 6.45) is 6.35. The van der Waals surface area contributed by atoms with Crippen molar-refractivity contribution in [2.75, 3.05) is 19.6 Å². The van der Waals surface area contributed by atoms with Gasteiger partial charge in [0.05, 0.1) is 12.6 Å². The van der Waals surface area contributed by atoms with Crippen molar-refractivity contribution in [3.63, 3.8) is 0 Å². The van der Waals surface area contributed by atoms with E-state index in [0.717, 1.165) is 25.9 Å². The van der Waals surface area contributed by atoms with Gasteiger partial charge in [-0.1, -0.05) is 43.2 Å². The Morgan fingerprint density at radius 2 is 1.58 bits per heavy atom. The number of ketones is 1. The van der Waals surface area contributed by atoms with E-state index in [0.29, 0.717) is 18.0 Å². The number of phenolic OH excluding ortho intramolecular Hbond substituents is 1. The Bertz CT molecular complexity index is 867. The number of hydrogen-bond donors (Lipinski definition) is 2. The number of amides is 1. The molecule has 164 valence electrons. The van der Waals surface area contributed by atoms with Crippen LogP contribution in [0.25, 0.3) is 0 Å². The predicted molar refractivity (Wildman–Crippen MR) is 121 cm³/mol. The molecule has 5 heteroatoms. The average molecular weight is 421 g/mol. The number of nitrogens with one attached hydrogen (secondary N) is 1. The molecule has 2 N–H and O–H groups in total. The number of nitrogens with zero attached hydrogens (tertiary/aromatic N) is 1. The van der Waals surface area contributed by atoms with Crippen LogP contribution in [0.15, 0.2) is 54.6 Å². The number of carbonyl (C=O) groups is 2. The van der Waals surface area contributed by atoms with Crippen LogP contribution in [0.3, 0.4) is 0 Å². The minimum atomic E-state index is -0.0144. The molecule has 1 aliphatic carbocycles. The van der Waals surface area contributed by atoms with Crippen LogP contribution in [-0.2, 0) is 4.79 Å². The maximum absolute atomic E-state index is 12.9. The second-order valence-electron chi connectivity index (χ2n) is 8.96. The highest BCUT2D eigenvalue weighted by molar-refractivity contribution is 5.98. The van der Waals surface area contributed by atoms with Gasteiger partial charge in [0.25, 0.3) is 0 Å². The van der Waals surface area contributed by atoms with E-state index in [2.05, 4.69) is 22.3 Å². The van der Waals surface area contributed by atoms with Crippen LogP contribution >= 0.6 is 0 Å². The molecule has 0 bridgehead atoms. The van der Waals surface area contributed by atoms with Gasteiger partial charge >= 0.3 is 0 Å². The average Bonchev–Trinajstić information content (AvgIpc) is 3.33. The molecule has 0 radical (unpaired) electrons. The van der Waals surface area contributed by atoms with Gasteiger partial charge in [-0.3, -0.25) is 14.5 Å². The second-order valence-corrected chi connectivity index (χ2v) is 8.96. The molecule has 2 fully saturated rings. The summed E-state index contributed by atoms with van der Waals surface area (Å²) in [6, 6.07) is 16.9. The molecule has 1 aliphatic heterocycles. The van der Waals surface area contributed by atoms with Gasteiger partial charge in [-0.15, -0.1) is 0 Å². The largest absolute Gasteiger partial charge is 0.508 e. The zero-order chi connectivity index (χ0) is 21.6. The Morgan fingerprint density at radius 3 is 2.23 bits per heavy atom. The molecule has 2 aromatic carbocycles. The van der Waals surface area contributed by atoms with Crippen molar-refractivity contribution >= 4 is 11.7 Å². The topological polar surface area (TPSA) is 69.6 Å². The number of Topliss-reactive ketones (excluding diaryl/α,β-unsaturated/α-hetero) is 1. The molecule has 1 saturated heterocycles. The molecule has 1 heterocycles. The monoisotopic (exact) mass is 420 g/mol.